The van der Waals surface area contributed by atoms with E-state index in [1.165, 1.54) is 0 Å². The standard InChI is InChI=1S/C14H20N2O3S/c1-14(15,12-6-3-2-4-7-12)13(17)16-8-5-10-20(18,19)11-9-16/h2-4,6-7H,5,8-11,15H2,1H3. The van der Waals surface area contributed by atoms with E-state index in [1.807, 2.05) is 30.3 Å². The van der Waals surface area contributed by atoms with Crippen LogP contribution in [-0.4, -0.2) is 43.8 Å². The lowest BCUT2D eigenvalue weighted by atomic mass is 9.91. The second-order valence-electron chi connectivity index (χ2n) is 5.37. The maximum Gasteiger partial charge on any atom is 0.247 e. The predicted molar refractivity (Wildman–Crippen MR) is 77.8 cm³/mol. The normalized spacial score (nSPS) is 21.8. The first-order valence-electron chi connectivity index (χ1n) is 6.67. The van der Waals surface area contributed by atoms with Crippen molar-refractivity contribution >= 4 is 15.7 Å². The van der Waals surface area contributed by atoms with Gasteiger partial charge in [-0.3, -0.25) is 4.79 Å². The van der Waals surface area contributed by atoms with Crippen LogP contribution in [0.3, 0.4) is 0 Å². The highest BCUT2D eigenvalue weighted by atomic mass is 32.2. The number of amides is 1. The smallest absolute Gasteiger partial charge is 0.247 e. The Kier molecular flexibility index (Phi) is 4.15. The Bertz CT molecular complexity index is 582. The molecule has 1 unspecified atom stereocenters. The number of carbonyl (C=O) groups excluding carboxylic acids is 1. The van der Waals surface area contributed by atoms with Gasteiger partial charge in [-0.1, -0.05) is 30.3 Å². The number of hydrogen-bond acceptors (Lipinski definition) is 4. The Morgan fingerprint density at radius 2 is 1.85 bits per heavy atom. The van der Waals surface area contributed by atoms with Crippen LogP contribution < -0.4 is 5.73 Å². The van der Waals surface area contributed by atoms with Crippen molar-refractivity contribution in [2.24, 2.45) is 5.73 Å². The Labute approximate surface area is 119 Å². The van der Waals surface area contributed by atoms with E-state index < -0.39 is 15.4 Å². The molecule has 1 saturated heterocycles. The molecule has 0 aromatic heterocycles. The number of rotatable bonds is 2. The van der Waals surface area contributed by atoms with E-state index in [9.17, 15) is 13.2 Å². The molecule has 6 heteroatoms. The maximum absolute atomic E-state index is 12.6. The molecule has 0 aliphatic carbocycles. The third-order valence-corrected chi connectivity index (χ3v) is 5.38. The summed E-state index contributed by atoms with van der Waals surface area (Å²) in [5, 5.41) is 0. The lowest BCUT2D eigenvalue weighted by Gasteiger charge is -2.31. The molecule has 110 valence electrons. The summed E-state index contributed by atoms with van der Waals surface area (Å²) in [7, 11) is -3.03. The molecule has 1 aromatic carbocycles. The molecule has 0 bridgehead atoms. The molecule has 2 rings (SSSR count). The number of hydrogen-bond donors (Lipinski definition) is 1. The summed E-state index contributed by atoms with van der Waals surface area (Å²) < 4.78 is 23.2. The largest absolute Gasteiger partial charge is 0.340 e. The average molecular weight is 296 g/mol. The molecule has 0 radical (unpaired) electrons. The second kappa shape index (κ2) is 5.54. The molecule has 1 atom stereocenters. The Balaban J connectivity index is 2.18. The van der Waals surface area contributed by atoms with E-state index in [0.29, 0.717) is 13.0 Å². The Hall–Kier alpha value is -1.40. The van der Waals surface area contributed by atoms with Crippen LogP contribution in [0.15, 0.2) is 30.3 Å². The van der Waals surface area contributed by atoms with E-state index in [0.717, 1.165) is 5.56 Å². The number of sulfone groups is 1. The van der Waals surface area contributed by atoms with Crippen molar-refractivity contribution in [3.63, 3.8) is 0 Å². The van der Waals surface area contributed by atoms with Crippen LogP contribution in [-0.2, 0) is 20.2 Å². The zero-order valence-electron chi connectivity index (χ0n) is 11.6. The zero-order chi connectivity index (χ0) is 14.8. The molecular weight excluding hydrogens is 276 g/mol. The van der Waals surface area contributed by atoms with E-state index >= 15 is 0 Å². The average Bonchev–Trinajstić information content (AvgIpc) is 2.60. The van der Waals surface area contributed by atoms with E-state index in [-0.39, 0.29) is 24.0 Å². The van der Waals surface area contributed by atoms with Gasteiger partial charge in [-0.05, 0) is 18.9 Å². The second-order valence-corrected chi connectivity index (χ2v) is 7.67. The van der Waals surface area contributed by atoms with Gasteiger partial charge in [0.25, 0.3) is 0 Å². The highest BCUT2D eigenvalue weighted by Gasteiger charge is 2.35. The summed E-state index contributed by atoms with van der Waals surface area (Å²) in [6.07, 6.45) is 0.471. The molecular formula is C14H20N2O3S. The van der Waals surface area contributed by atoms with Gasteiger partial charge in [0, 0.05) is 13.1 Å². The molecule has 2 N–H and O–H groups in total. The Morgan fingerprint density at radius 3 is 2.50 bits per heavy atom. The lowest BCUT2D eigenvalue weighted by Crippen LogP contribution is -2.51. The van der Waals surface area contributed by atoms with Crippen LogP contribution in [0.5, 0.6) is 0 Å². The molecule has 0 spiro atoms. The topological polar surface area (TPSA) is 80.5 Å². The van der Waals surface area contributed by atoms with Gasteiger partial charge in [0.1, 0.15) is 5.54 Å². The SMILES string of the molecule is CC(N)(C(=O)N1CCCS(=O)(=O)CC1)c1ccccc1. The monoisotopic (exact) mass is 296 g/mol. The van der Waals surface area contributed by atoms with Crippen LogP contribution >= 0.6 is 0 Å². The quantitative estimate of drug-likeness (QED) is 0.862. The summed E-state index contributed by atoms with van der Waals surface area (Å²) >= 11 is 0. The molecule has 1 aliphatic heterocycles. The molecule has 5 nitrogen and oxygen atoms in total. The minimum absolute atomic E-state index is 0.0175. The third kappa shape index (κ3) is 3.19. The third-order valence-electron chi connectivity index (χ3n) is 3.66. The molecule has 1 amide bonds. The highest BCUT2D eigenvalue weighted by molar-refractivity contribution is 7.91. The summed E-state index contributed by atoms with van der Waals surface area (Å²) in [4.78, 5) is 14.2. The van der Waals surface area contributed by atoms with Gasteiger partial charge in [0.2, 0.25) is 5.91 Å². The van der Waals surface area contributed by atoms with Crippen molar-refractivity contribution in [3.05, 3.63) is 35.9 Å². The van der Waals surface area contributed by atoms with E-state index in [4.69, 9.17) is 5.73 Å². The highest BCUT2D eigenvalue weighted by Crippen LogP contribution is 2.21. The fourth-order valence-electron chi connectivity index (χ4n) is 2.38. The molecule has 1 fully saturated rings. The molecule has 20 heavy (non-hydrogen) atoms. The zero-order valence-corrected chi connectivity index (χ0v) is 12.4. The minimum Gasteiger partial charge on any atom is -0.340 e. The van der Waals surface area contributed by atoms with Gasteiger partial charge in [-0.25, -0.2) is 8.42 Å². The van der Waals surface area contributed by atoms with Gasteiger partial charge in [0.15, 0.2) is 9.84 Å². The lowest BCUT2D eigenvalue weighted by molar-refractivity contribution is -0.136. The fraction of sp³-hybridized carbons (Fsp3) is 0.500. The van der Waals surface area contributed by atoms with Gasteiger partial charge < -0.3 is 10.6 Å². The van der Waals surface area contributed by atoms with Crippen LogP contribution in [0.2, 0.25) is 0 Å². The predicted octanol–water partition coefficient (Wildman–Crippen LogP) is 0.508. The van der Waals surface area contributed by atoms with E-state index in [1.54, 1.807) is 11.8 Å². The maximum atomic E-state index is 12.6. The summed E-state index contributed by atoms with van der Waals surface area (Å²) in [6.45, 7) is 2.34. The van der Waals surface area contributed by atoms with Crippen molar-refractivity contribution in [3.8, 4) is 0 Å². The summed E-state index contributed by atoms with van der Waals surface area (Å²) in [5.74, 6) is -0.0617. The van der Waals surface area contributed by atoms with Crippen molar-refractivity contribution in [1.82, 2.24) is 4.90 Å². The minimum atomic E-state index is -3.03. The molecule has 1 aromatic rings. The number of carbonyl (C=O) groups is 1. The fourth-order valence-corrected chi connectivity index (χ4v) is 3.65. The van der Waals surface area contributed by atoms with Crippen molar-refractivity contribution in [2.75, 3.05) is 24.6 Å². The summed E-state index contributed by atoms with van der Waals surface area (Å²) in [6, 6.07) is 9.16. The number of nitrogens with zero attached hydrogens (tertiary/aromatic N) is 1. The van der Waals surface area contributed by atoms with Crippen LogP contribution in [0.1, 0.15) is 18.9 Å². The van der Waals surface area contributed by atoms with Crippen molar-refractivity contribution in [2.45, 2.75) is 18.9 Å². The van der Waals surface area contributed by atoms with Crippen LogP contribution in [0.25, 0.3) is 0 Å². The van der Waals surface area contributed by atoms with Crippen molar-refractivity contribution in [1.29, 1.82) is 0 Å². The first-order valence-corrected chi connectivity index (χ1v) is 8.49. The van der Waals surface area contributed by atoms with Crippen molar-refractivity contribution < 1.29 is 13.2 Å². The first-order chi connectivity index (χ1) is 9.33. The summed E-state index contributed by atoms with van der Waals surface area (Å²) in [5.41, 5.74) is 5.79. The van der Waals surface area contributed by atoms with Gasteiger partial charge in [-0.2, -0.15) is 0 Å². The Morgan fingerprint density at radius 1 is 1.20 bits per heavy atom. The molecule has 1 heterocycles. The van der Waals surface area contributed by atoms with Gasteiger partial charge in [-0.15, -0.1) is 0 Å². The number of nitrogens with two attached hydrogens (primary N) is 1. The van der Waals surface area contributed by atoms with Crippen LogP contribution in [0, 0.1) is 0 Å². The first kappa shape index (κ1) is 15.0. The van der Waals surface area contributed by atoms with Crippen LogP contribution in [0.4, 0.5) is 0 Å². The molecule has 1 aliphatic rings. The number of benzene rings is 1. The van der Waals surface area contributed by atoms with Gasteiger partial charge in [0.05, 0.1) is 11.5 Å². The van der Waals surface area contributed by atoms with Gasteiger partial charge >= 0.3 is 0 Å². The van der Waals surface area contributed by atoms with E-state index in [2.05, 4.69) is 0 Å². The molecule has 0 saturated carbocycles.